The summed E-state index contributed by atoms with van der Waals surface area (Å²) < 4.78 is 1.82. The summed E-state index contributed by atoms with van der Waals surface area (Å²) in [5.41, 5.74) is 10.5. The summed E-state index contributed by atoms with van der Waals surface area (Å²) in [5.74, 6) is 0. The van der Waals surface area contributed by atoms with Crippen molar-refractivity contribution < 1.29 is 0 Å². The van der Waals surface area contributed by atoms with Crippen LogP contribution < -0.4 is 5.73 Å². The van der Waals surface area contributed by atoms with Gasteiger partial charge >= 0.3 is 0 Å². The molecule has 19 heavy (non-hydrogen) atoms. The molecule has 2 heterocycles. The monoisotopic (exact) mass is 250 g/mol. The van der Waals surface area contributed by atoms with Crippen LogP contribution in [0.3, 0.4) is 0 Å². The van der Waals surface area contributed by atoms with Crippen molar-refractivity contribution >= 4 is 5.69 Å². The third kappa shape index (κ3) is 2.08. The van der Waals surface area contributed by atoms with E-state index in [2.05, 4.69) is 10.1 Å². The van der Waals surface area contributed by atoms with E-state index in [9.17, 15) is 0 Å². The fourth-order valence-corrected chi connectivity index (χ4v) is 1.97. The molecule has 1 aromatic carbocycles. The Balaban J connectivity index is 2.05. The van der Waals surface area contributed by atoms with Gasteiger partial charge in [-0.3, -0.25) is 4.98 Å². The number of nitrogen functional groups attached to an aromatic ring is 1. The standard InChI is InChI=1S/C15H14N4/c1-11-7-8-17-15(14(11)16)12-9-18-19(10-12)13-5-3-2-4-6-13/h2-10H,16H2,1H3. The van der Waals surface area contributed by atoms with Crippen LogP contribution >= 0.6 is 0 Å². The fraction of sp³-hybridized carbons (Fsp3) is 0.0667. The van der Waals surface area contributed by atoms with Gasteiger partial charge in [-0.25, -0.2) is 4.68 Å². The minimum atomic E-state index is 0.704. The molecule has 0 bridgehead atoms. The Hall–Kier alpha value is -2.62. The van der Waals surface area contributed by atoms with E-state index >= 15 is 0 Å². The van der Waals surface area contributed by atoms with Gasteiger partial charge in [-0.1, -0.05) is 18.2 Å². The van der Waals surface area contributed by atoms with Gasteiger partial charge < -0.3 is 5.73 Å². The molecule has 0 atom stereocenters. The number of hydrogen-bond acceptors (Lipinski definition) is 3. The molecule has 0 unspecified atom stereocenters. The van der Waals surface area contributed by atoms with Crippen LogP contribution in [0.15, 0.2) is 55.0 Å². The maximum absolute atomic E-state index is 6.06. The Kier molecular flexibility index (Phi) is 2.76. The first kappa shape index (κ1) is 11.5. The average molecular weight is 250 g/mol. The van der Waals surface area contributed by atoms with Gasteiger partial charge in [0, 0.05) is 18.0 Å². The van der Waals surface area contributed by atoms with Crippen LogP contribution in [0.1, 0.15) is 5.56 Å². The number of aryl methyl sites for hydroxylation is 1. The molecular weight excluding hydrogens is 236 g/mol. The Bertz CT molecular complexity index is 701. The Labute approximate surface area is 111 Å². The summed E-state index contributed by atoms with van der Waals surface area (Å²) in [6, 6.07) is 11.9. The molecule has 0 aliphatic heterocycles. The van der Waals surface area contributed by atoms with Crippen molar-refractivity contribution in [3.63, 3.8) is 0 Å². The van der Waals surface area contributed by atoms with E-state index in [1.54, 1.807) is 12.4 Å². The van der Waals surface area contributed by atoms with E-state index in [1.807, 2.05) is 54.2 Å². The number of hydrogen-bond donors (Lipinski definition) is 1. The molecule has 0 amide bonds. The number of anilines is 1. The topological polar surface area (TPSA) is 56.7 Å². The van der Waals surface area contributed by atoms with Gasteiger partial charge in [-0.15, -0.1) is 0 Å². The van der Waals surface area contributed by atoms with E-state index in [0.717, 1.165) is 22.5 Å². The minimum absolute atomic E-state index is 0.704. The fourth-order valence-electron chi connectivity index (χ4n) is 1.97. The van der Waals surface area contributed by atoms with Crippen LogP contribution in [0.25, 0.3) is 16.9 Å². The average Bonchev–Trinajstić information content (AvgIpc) is 2.92. The largest absolute Gasteiger partial charge is 0.397 e. The minimum Gasteiger partial charge on any atom is -0.397 e. The summed E-state index contributed by atoms with van der Waals surface area (Å²) in [5, 5.41) is 4.35. The highest BCUT2D eigenvalue weighted by Gasteiger charge is 2.09. The summed E-state index contributed by atoms with van der Waals surface area (Å²) in [4.78, 5) is 4.34. The highest BCUT2D eigenvalue weighted by Crippen LogP contribution is 2.25. The lowest BCUT2D eigenvalue weighted by atomic mass is 10.1. The molecule has 3 aromatic rings. The molecule has 94 valence electrons. The summed E-state index contributed by atoms with van der Waals surface area (Å²) in [6.45, 7) is 1.97. The van der Waals surface area contributed by atoms with E-state index in [4.69, 9.17) is 5.73 Å². The lowest BCUT2D eigenvalue weighted by Crippen LogP contribution is -1.96. The first-order valence-corrected chi connectivity index (χ1v) is 6.07. The highest BCUT2D eigenvalue weighted by molar-refractivity contribution is 5.73. The summed E-state index contributed by atoms with van der Waals surface area (Å²) in [6.07, 6.45) is 5.49. The van der Waals surface area contributed by atoms with Crippen LogP contribution in [-0.4, -0.2) is 14.8 Å². The number of rotatable bonds is 2. The zero-order valence-corrected chi connectivity index (χ0v) is 10.6. The zero-order valence-electron chi connectivity index (χ0n) is 10.6. The number of aromatic nitrogens is 3. The van der Waals surface area contributed by atoms with Gasteiger partial charge in [0.1, 0.15) is 0 Å². The number of para-hydroxylation sites is 1. The molecule has 4 nitrogen and oxygen atoms in total. The molecule has 0 fully saturated rings. The summed E-state index contributed by atoms with van der Waals surface area (Å²) >= 11 is 0. The zero-order chi connectivity index (χ0) is 13.2. The molecule has 3 rings (SSSR count). The van der Waals surface area contributed by atoms with E-state index < -0.39 is 0 Å². The Morgan fingerprint density at radius 2 is 1.89 bits per heavy atom. The van der Waals surface area contributed by atoms with Crippen molar-refractivity contribution in [3.05, 3.63) is 60.6 Å². The van der Waals surface area contributed by atoms with Gasteiger partial charge in [-0.05, 0) is 30.7 Å². The SMILES string of the molecule is Cc1ccnc(-c2cnn(-c3ccccc3)c2)c1N. The van der Waals surface area contributed by atoms with E-state index in [-0.39, 0.29) is 0 Å². The molecular formula is C15H14N4. The summed E-state index contributed by atoms with van der Waals surface area (Å²) in [7, 11) is 0. The molecule has 0 saturated carbocycles. The molecule has 0 spiro atoms. The molecule has 0 saturated heterocycles. The number of pyridine rings is 1. The molecule has 0 aliphatic carbocycles. The maximum Gasteiger partial charge on any atom is 0.0965 e. The smallest absolute Gasteiger partial charge is 0.0965 e. The van der Waals surface area contributed by atoms with E-state index in [1.165, 1.54) is 0 Å². The maximum atomic E-state index is 6.06. The predicted octanol–water partition coefficient (Wildman–Crippen LogP) is 2.82. The highest BCUT2D eigenvalue weighted by atomic mass is 15.3. The number of benzene rings is 1. The second-order valence-corrected chi connectivity index (χ2v) is 4.40. The molecule has 0 radical (unpaired) electrons. The van der Waals surface area contributed by atoms with Crippen LogP contribution in [-0.2, 0) is 0 Å². The third-order valence-electron chi connectivity index (χ3n) is 3.08. The van der Waals surface area contributed by atoms with E-state index in [0.29, 0.717) is 5.69 Å². The van der Waals surface area contributed by atoms with Crippen molar-refractivity contribution in [2.75, 3.05) is 5.73 Å². The Morgan fingerprint density at radius 3 is 2.68 bits per heavy atom. The Morgan fingerprint density at radius 1 is 1.11 bits per heavy atom. The molecule has 0 aliphatic rings. The van der Waals surface area contributed by atoms with Crippen molar-refractivity contribution in [1.29, 1.82) is 0 Å². The van der Waals surface area contributed by atoms with Crippen molar-refractivity contribution in [3.8, 4) is 16.9 Å². The molecule has 2 N–H and O–H groups in total. The number of nitrogens with two attached hydrogens (primary N) is 1. The first-order valence-electron chi connectivity index (χ1n) is 6.07. The van der Waals surface area contributed by atoms with Gasteiger partial charge in [-0.2, -0.15) is 5.10 Å². The van der Waals surface area contributed by atoms with Gasteiger partial charge in [0.2, 0.25) is 0 Å². The molecule has 2 aromatic heterocycles. The third-order valence-corrected chi connectivity index (χ3v) is 3.08. The lowest BCUT2D eigenvalue weighted by molar-refractivity contribution is 0.881. The lowest BCUT2D eigenvalue weighted by Gasteiger charge is -2.04. The van der Waals surface area contributed by atoms with Crippen LogP contribution in [0.4, 0.5) is 5.69 Å². The second-order valence-electron chi connectivity index (χ2n) is 4.40. The van der Waals surface area contributed by atoms with Crippen molar-refractivity contribution in [1.82, 2.24) is 14.8 Å². The van der Waals surface area contributed by atoms with Gasteiger partial charge in [0.05, 0.1) is 23.3 Å². The van der Waals surface area contributed by atoms with Crippen molar-refractivity contribution in [2.45, 2.75) is 6.92 Å². The van der Waals surface area contributed by atoms with Crippen LogP contribution in [0.2, 0.25) is 0 Å². The van der Waals surface area contributed by atoms with Gasteiger partial charge in [0.15, 0.2) is 0 Å². The quantitative estimate of drug-likeness (QED) is 0.760. The predicted molar refractivity (Wildman–Crippen MR) is 75.9 cm³/mol. The van der Waals surface area contributed by atoms with Crippen LogP contribution in [0, 0.1) is 6.92 Å². The van der Waals surface area contributed by atoms with Crippen LogP contribution in [0.5, 0.6) is 0 Å². The second kappa shape index (κ2) is 4.57. The van der Waals surface area contributed by atoms with Gasteiger partial charge in [0.25, 0.3) is 0 Å². The van der Waals surface area contributed by atoms with Crippen molar-refractivity contribution in [2.24, 2.45) is 0 Å². The normalized spacial score (nSPS) is 10.6. The molecule has 4 heteroatoms. The first-order chi connectivity index (χ1) is 9.25. The number of nitrogens with zero attached hydrogens (tertiary/aromatic N) is 3.